The number of likely N-dealkylation sites (tertiary alicyclic amines) is 1. The summed E-state index contributed by atoms with van der Waals surface area (Å²) >= 11 is 16.2. The largest absolute Gasteiger partial charge is 0.445 e. The number of ether oxygens (including phenoxy) is 1. The minimum Gasteiger partial charge on any atom is -0.445 e. The number of carbonyl (C=O) groups is 1. The molecule has 0 aromatic carbocycles. The lowest BCUT2D eigenvalue weighted by atomic mass is 10.4. The maximum absolute atomic E-state index is 11.3. The van der Waals surface area contributed by atoms with Crippen LogP contribution in [0.4, 0.5) is 4.79 Å². The highest BCUT2D eigenvalue weighted by atomic mass is 35.6. The van der Waals surface area contributed by atoms with Gasteiger partial charge in [0, 0.05) is 6.54 Å². The number of nitrogens with zero attached hydrogens (tertiary/aromatic N) is 1. The molecule has 1 amide bonds. The molecule has 1 saturated heterocycles. The first-order valence-electron chi connectivity index (χ1n) is 4.08. The number of rotatable bonds is 1. The summed E-state index contributed by atoms with van der Waals surface area (Å²) in [7, 11) is 0. The van der Waals surface area contributed by atoms with Crippen LogP contribution in [0.3, 0.4) is 0 Å². The van der Waals surface area contributed by atoms with Crippen molar-refractivity contribution in [3.05, 3.63) is 0 Å². The lowest BCUT2D eigenvalue weighted by molar-refractivity contribution is 0.0255. The van der Waals surface area contributed by atoms with Crippen molar-refractivity contribution < 1.29 is 14.6 Å². The number of hydrogen-bond donors (Lipinski definition) is 1. The van der Waals surface area contributed by atoms with Crippen LogP contribution in [0.5, 0.6) is 0 Å². The number of aliphatic hydroxyl groups excluding tert-OH is 1. The van der Waals surface area contributed by atoms with Crippen LogP contribution < -0.4 is 0 Å². The second-order valence-corrected chi connectivity index (χ2v) is 5.50. The molecule has 0 saturated carbocycles. The molecule has 7 heteroatoms. The fourth-order valence-electron chi connectivity index (χ4n) is 1.19. The predicted molar refractivity (Wildman–Crippen MR) is 53.6 cm³/mol. The zero-order chi connectivity index (χ0) is 10.8. The van der Waals surface area contributed by atoms with Gasteiger partial charge in [-0.3, -0.25) is 4.90 Å². The van der Waals surface area contributed by atoms with Crippen LogP contribution >= 0.6 is 34.8 Å². The Morgan fingerprint density at radius 2 is 2.21 bits per heavy atom. The normalized spacial score (nSPS) is 22.6. The fraction of sp³-hybridized carbons (Fsp3) is 0.857. The van der Waals surface area contributed by atoms with Crippen molar-refractivity contribution in [1.82, 2.24) is 4.90 Å². The fourth-order valence-corrected chi connectivity index (χ4v) is 1.35. The smallest absolute Gasteiger partial charge is 0.411 e. The van der Waals surface area contributed by atoms with E-state index in [0.29, 0.717) is 13.0 Å². The van der Waals surface area contributed by atoms with Gasteiger partial charge in [0.15, 0.2) is 0 Å². The van der Waals surface area contributed by atoms with Gasteiger partial charge in [0.2, 0.25) is 3.79 Å². The molecule has 1 fully saturated rings. The first-order valence-corrected chi connectivity index (χ1v) is 5.22. The molecule has 1 rings (SSSR count). The Labute approximate surface area is 96.7 Å². The summed E-state index contributed by atoms with van der Waals surface area (Å²) in [6, 6.07) is 0. The average molecular weight is 263 g/mol. The molecule has 0 radical (unpaired) electrons. The third-order valence-corrected chi connectivity index (χ3v) is 2.14. The lowest BCUT2D eigenvalue weighted by Gasteiger charge is -2.20. The maximum atomic E-state index is 11.3. The van der Waals surface area contributed by atoms with Gasteiger partial charge in [-0.2, -0.15) is 0 Å². The van der Waals surface area contributed by atoms with Gasteiger partial charge in [-0.1, -0.05) is 34.8 Å². The highest BCUT2D eigenvalue weighted by Crippen LogP contribution is 2.26. The third-order valence-electron chi connectivity index (χ3n) is 1.81. The van der Waals surface area contributed by atoms with Crippen LogP contribution in [0.2, 0.25) is 0 Å². The summed E-state index contributed by atoms with van der Waals surface area (Å²) in [6.45, 7) is 0.152. The van der Waals surface area contributed by atoms with Crippen LogP contribution in [0.15, 0.2) is 0 Å². The zero-order valence-corrected chi connectivity index (χ0v) is 9.52. The second-order valence-electron chi connectivity index (χ2n) is 2.99. The number of halogens is 3. The van der Waals surface area contributed by atoms with E-state index in [-0.39, 0.29) is 6.61 Å². The lowest BCUT2D eigenvalue weighted by Crippen LogP contribution is -2.37. The van der Waals surface area contributed by atoms with Crippen LogP contribution in [0, 0.1) is 0 Å². The van der Waals surface area contributed by atoms with E-state index in [1.165, 1.54) is 4.90 Å². The van der Waals surface area contributed by atoms with E-state index in [4.69, 9.17) is 39.5 Å². The summed E-state index contributed by atoms with van der Waals surface area (Å²) < 4.78 is 3.08. The molecule has 0 aliphatic carbocycles. The van der Waals surface area contributed by atoms with Crippen molar-refractivity contribution in [2.24, 2.45) is 0 Å². The summed E-state index contributed by atoms with van der Waals surface area (Å²) in [5, 5.41) is 9.31. The molecule has 4 nitrogen and oxygen atoms in total. The monoisotopic (exact) mass is 261 g/mol. The van der Waals surface area contributed by atoms with Crippen LogP contribution in [0.1, 0.15) is 12.8 Å². The number of carbonyl (C=O) groups excluding carboxylic acids is 1. The number of amides is 1. The van der Waals surface area contributed by atoms with Gasteiger partial charge in [0.1, 0.15) is 12.8 Å². The molecule has 82 valence electrons. The summed E-state index contributed by atoms with van der Waals surface area (Å²) in [6.07, 6.45) is -0.119. The Balaban J connectivity index is 2.35. The molecule has 1 unspecified atom stereocenters. The van der Waals surface area contributed by atoms with Crippen LogP contribution in [-0.4, -0.2) is 39.3 Å². The Bertz CT molecular complexity index is 219. The second kappa shape index (κ2) is 4.75. The molecule has 0 bridgehead atoms. The van der Waals surface area contributed by atoms with Gasteiger partial charge in [0.25, 0.3) is 0 Å². The molecule has 1 N–H and O–H groups in total. The van der Waals surface area contributed by atoms with Crippen LogP contribution in [-0.2, 0) is 4.74 Å². The Kier molecular flexibility index (Phi) is 4.13. The van der Waals surface area contributed by atoms with Crippen molar-refractivity contribution in [2.75, 3.05) is 13.2 Å². The average Bonchev–Trinajstić information content (AvgIpc) is 2.46. The molecular formula is C7H10Cl3NO3. The first-order chi connectivity index (χ1) is 6.40. The molecule has 1 atom stereocenters. The topological polar surface area (TPSA) is 49.8 Å². The first kappa shape index (κ1) is 12.2. The molecule has 1 aliphatic rings. The summed E-state index contributed by atoms with van der Waals surface area (Å²) in [5.74, 6) is 0. The predicted octanol–water partition coefficient (Wildman–Crippen LogP) is 1.91. The van der Waals surface area contributed by atoms with Gasteiger partial charge in [-0.25, -0.2) is 4.79 Å². The van der Waals surface area contributed by atoms with Crippen molar-refractivity contribution in [3.63, 3.8) is 0 Å². The molecule has 0 aromatic heterocycles. The van der Waals surface area contributed by atoms with Crippen molar-refractivity contribution in [3.8, 4) is 0 Å². The molecule has 1 heterocycles. The molecule has 14 heavy (non-hydrogen) atoms. The van der Waals surface area contributed by atoms with Crippen molar-refractivity contribution >= 4 is 40.9 Å². The van der Waals surface area contributed by atoms with E-state index in [1.807, 2.05) is 0 Å². The van der Waals surface area contributed by atoms with Crippen molar-refractivity contribution in [1.29, 1.82) is 0 Å². The van der Waals surface area contributed by atoms with E-state index in [1.54, 1.807) is 0 Å². The van der Waals surface area contributed by atoms with Gasteiger partial charge in [-0.05, 0) is 12.8 Å². The van der Waals surface area contributed by atoms with Gasteiger partial charge < -0.3 is 9.84 Å². The minimum absolute atomic E-state index is 0.320. The van der Waals surface area contributed by atoms with Crippen molar-refractivity contribution in [2.45, 2.75) is 22.9 Å². The molecule has 1 aliphatic heterocycles. The molecule has 0 aromatic rings. The Morgan fingerprint density at radius 1 is 1.57 bits per heavy atom. The SMILES string of the molecule is O=C(OCC(Cl)(Cl)Cl)N1CCCC1O. The van der Waals surface area contributed by atoms with Gasteiger partial charge in [0.05, 0.1) is 0 Å². The summed E-state index contributed by atoms with van der Waals surface area (Å²) in [4.78, 5) is 12.5. The third kappa shape index (κ3) is 3.69. The molecule has 0 spiro atoms. The minimum atomic E-state index is -1.61. The standard InChI is InChI=1S/C7H10Cl3NO3/c8-7(9,10)4-14-6(13)11-3-1-2-5(11)12/h5,12H,1-4H2. The van der Waals surface area contributed by atoms with E-state index >= 15 is 0 Å². The van der Waals surface area contributed by atoms with Gasteiger partial charge >= 0.3 is 6.09 Å². The number of alkyl halides is 3. The van der Waals surface area contributed by atoms with Gasteiger partial charge in [-0.15, -0.1) is 0 Å². The van der Waals surface area contributed by atoms with E-state index in [9.17, 15) is 9.90 Å². The zero-order valence-electron chi connectivity index (χ0n) is 7.25. The number of hydrogen-bond acceptors (Lipinski definition) is 3. The van der Waals surface area contributed by atoms with E-state index in [0.717, 1.165) is 6.42 Å². The van der Waals surface area contributed by atoms with Crippen LogP contribution in [0.25, 0.3) is 0 Å². The maximum Gasteiger partial charge on any atom is 0.411 e. The Hall–Kier alpha value is 0.1000. The van der Waals surface area contributed by atoms with E-state index < -0.39 is 16.1 Å². The van der Waals surface area contributed by atoms with E-state index in [2.05, 4.69) is 0 Å². The highest BCUT2D eigenvalue weighted by Gasteiger charge is 2.30. The molecular weight excluding hydrogens is 252 g/mol. The number of aliphatic hydroxyl groups is 1. The summed E-state index contributed by atoms with van der Waals surface area (Å²) in [5.41, 5.74) is 0. The quantitative estimate of drug-likeness (QED) is 0.734. The Morgan fingerprint density at radius 3 is 2.64 bits per heavy atom. The highest BCUT2D eigenvalue weighted by molar-refractivity contribution is 6.67.